The summed E-state index contributed by atoms with van der Waals surface area (Å²) >= 11 is 0. The number of carbonyl (C=O) groups is 2. The van der Waals surface area contributed by atoms with E-state index in [1.165, 1.54) is 0 Å². The van der Waals surface area contributed by atoms with Crippen molar-refractivity contribution in [1.82, 2.24) is 20.9 Å². The lowest BCUT2D eigenvalue weighted by atomic mass is 10.0. The Morgan fingerprint density at radius 2 is 2.08 bits per heavy atom. The van der Waals surface area contributed by atoms with Crippen molar-refractivity contribution in [3.8, 4) is 0 Å². The van der Waals surface area contributed by atoms with Gasteiger partial charge in [-0.3, -0.25) is 4.79 Å². The van der Waals surface area contributed by atoms with Crippen molar-refractivity contribution in [2.75, 3.05) is 27.2 Å². The normalized spacial score (nSPS) is 16.5. The number of benzene rings is 1. The highest BCUT2D eigenvalue weighted by Crippen LogP contribution is 2.10. The van der Waals surface area contributed by atoms with Crippen LogP contribution in [0.25, 0.3) is 0 Å². The molecule has 1 aromatic rings. The average molecular weight is 344 g/mol. The molecular formula is C19H28N4O2. The van der Waals surface area contributed by atoms with Crippen LogP contribution in [0.3, 0.4) is 0 Å². The van der Waals surface area contributed by atoms with Gasteiger partial charge in [-0.15, -0.1) is 0 Å². The standard InChI is InChI=1S/C19H28N4O2/c1-23(2)12-11-20-18(24)16-8-6-7-15(13-16)14-21-19(25)22-17-9-4-3-5-10-17/h4,6-9,13,17H,3,5,10-12,14H2,1-2H3,(H,20,24)(H2,21,22,25)/t17-/m1/s1. The van der Waals surface area contributed by atoms with Gasteiger partial charge in [-0.05, 0) is 51.1 Å². The Kier molecular flexibility index (Phi) is 7.47. The van der Waals surface area contributed by atoms with Gasteiger partial charge in [0.15, 0.2) is 0 Å². The van der Waals surface area contributed by atoms with Crippen LogP contribution in [0, 0.1) is 0 Å². The van der Waals surface area contributed by atoms with E-state index in [0.29, 0.717) is 18.7 Å². The SMILES string of the molecule is CN(C)CCNC(=O)c1cccc(CNC(=O)N[C@@H]2C=CCCC2)c1. The second-order valence-electron chi connectivity index (χ2n) is 6.55. The Bertz CT molecular complexity index is 613. The number of hydrogen-bond donors (Lipinski definition) is 3. The molecule has 0 bridgehead atoms. The Morgan fingerprint density at radius 1 is 1.24 bits per heavy atom. The van der Waals surface area contributed by atoms with Crippen molar-refractivity contribution in [1.29, 1.82) is 0 Å². The number of carbonyl (C=O) groups excluding carboxylic acids is 2. The molecule has 1 aliphatic rings. The average Bonchev–Trinajstić information content (AvgIpc) is 2.61. The monoisotopic (exact) mass is 344 g/mol. The molecule has 0 saturated heterocycles. The molecule has 2 rings (SSSR count). The van der Waals surface area contributed by atoms with Gasteiger partial charge in [0, 0.05) is 31.2 Å². The number of amides is 3. The van der Waals surface area contributed by atoms with Crippen LogP contribution in [0.2, 0.25) is 0 Å². The summed E-state index contributed by atoms with van der Waals surface area (Å²) in [7, 11) is 3.93. The number of hydrogen-bond acceptors (Lipinski definition) is 3. The van der Waals surface area contributed by atoms with E-state index in [1.807, 2.05) is 43.3 Å². The molecule has 0 aromatic heterocycles. The Hall–Kier alpha value is -2.34. The summed E-state index contributed by atoms with van der Waals surface area (Å²) in [6.45, 7) is 1.79. The van der Waals surface area contributed by atoms with E-state index in [9.17, 15) is 9.59 Å². The molecule has 1 aliphatic carbocycles. The predicted molar refractivity (Wildman–Crippen MR) is 99.5 cm³/mol. The summed E-state index contributed by atoms with van der Waals surface area (Å²) in [6.07, 6.45) is 7.32. The number of urea groups is 1. The van der Waals surface area contributed by atoms with Crippen molar-refractivity contribution < 1.29 is 9.59 Å². The first-order valence-electron chi connectivity index (χ1n) is 8.77. The zero-order valence-electron chi connectivity index (χ0n) is 15.0. The molecule has 0 spiro atoms. The Balaban J connectivity index is 1.80. The Morgan fingerprint density at radius 3 is 2.80 bits per heavy atom. The van der Waals surface area contributed by atoms with Crippen LogP contribution < -0.4 is 16.0 Å². The third-order valence-electron chi connectivity index (χ3n) is 4.06. The van der Waals surface area contributed by atoms with Crippen LogP contribution in [0.4, 0.5) is 4.79 Å². The molecule has 3 N–H and O–H groups in total. The molecule has 6 nitrogen and oxygen atoms in total. The van der Waals surface area contributed by atoms with Crippen molar-refractivity contribution in [2.24, 2.45) is 0 Å². The first-order chi connectivity index (χ1) is 12.0. The quantitative estimate of drug-likeness (QED) is 0.661. The zero-order valence-corrected chi connectivity index (χ0v) is 15.0. The fourth-order valence-corrected chi connectivity index (χ4v) is 2.65. The number of nitrogens with one attached hydrogen (secondary N) is 3. The fraction of sp³-hybridized carbons (Fsp3) is 0.474. The molecule has 0 heterocycles. The molecule has 3 amide bonds. The van der Waals surface area contributed by atoms with Gasteiger partial charge in [-0.2, -0.15) is 0 Å². The number of rotatable bonds is 7. The van der Waals surface area contributed by atoms with Crippen molar-refractivity contribution in [3.63, 3.8) is 0 Å². The molecule has 0 radical (unpaired) electrons. The predicted octanol–water partition coefficient (Wildman–Crippen LogP) is 1.89. The van der Waals surface area contributed by atoms with Gasteiger partial charge >= 0.3 is 6.03 Å². The summed E-state index contributed by atoms with van der Waals surface area (Å²) in [6, 6.07) is 7.25. The van der Waals surface area contributed by atoms with Crippen LogP contribution in [0.5, 0.6) is 0 Å². The highest BCUT2D eigenvalue weighted by atomic mass is 16.2. The molecule has 0 saturated carbocycles. The van der Waals surface area contributed by atoms with Gasteiger partial charge in [-0.1, -0.05) is 24.3 Å². The number of nitrogens with zero attached hydrogens (tertiary/aromatic N) is 1. The van der Waals surface area contributed by atoms with Crippen LogP contribution in [-0.4, -0.2) is 50.1 Å². The fourth-order valence-electron chi connectivity index (χ4n) is 2.65. The third kappa shape index (κ3) is 6.97. The largest absolute Gasteiger partial charge is 0.351 e. The molecule has 6 heteroatoms. The highest BCUT2D eigenvalue weighted by Gasteiger charge is 2.11. The summed E-state index contributed by atoms with van der Waals surface area (Å²) < 4.78 is 0. The van der Waals surface area contributed by atoms with Gasteiger partial charge in [0.25, 0.3) is 5.91 Å². The minimum atomic E-state index is -0.183. The summed E-state index contributed by atoms with van der Waals surface area (Å²) in [5.74, 6) is -0.0968. The van der Waals surface area contributed by atoms with E-state index in [4.69, 9.17) is 0 Å². The van der Waals surface area contributed by atoms with Gasteiger partial charge in [0.2, 0.25) is 0 Å². The molecule has 0 aliphatic heterocycles. The Labute approximate surface area is 149 Å². The lowest BCUT2D eigenvalue weighted by molar-refractivity contribution is 0.0951. The van der Waals surface area contributed by atoms with E-state index in [0.717, 1.165) is 31.4 Å². The second kappa shape index (κ2) is 9.84. The molecule has 1 atom stereocenters. The van der Waals surface area contributed by atoms with Crippen molar-refractivity contribution >= 4 is 11.9 Å². The van der Waals surface area contributed by atoms with E-state index in [-0.39, 0.29) is 18.0 Å². The first kappa shape index (κ1) is 19.0. The molecule has 1 aromatic carbocycles. The van der Waals surface area contributed by atoms with Crippen molar-refractivity contribution in [2.45, 2.75) is 31.8 Å². The van der Waals surface area contributed by atoms with Gasteiger partial charge in [0.05, 0.1) is 0 Å². The topological polar surface area (TPSA) is 73.5 Å². The van der Waals surface area contributed by atoms with Crippen LogP contribution >= 0.6 is 0 Å². The van der Waals surface area contributed by atoms with Gasteiger partial charge in [-0.25, -0.2) is 4.79 Å². The summed E-state index contributed by atoms with van der Waals surface area (Å²) in [5, 5.41) is 8.68. The van der Waals surface area contributed by atoms with Gasteiger partial charge < -0.3 is 20.9 Å². The molecule has 0 unspecified atom stereocenters. The highest BCUT2D eigenvalue weighted by molar-refractivity contribution is 5.94. The maximum atomic E-state index is 12.1. The van der Waals surface area contributed by atoms with Crippen molar-refractivity contribution in [3.05, 3.63) is 47.5 Å². The van der Waals surface area contributed by atoms with E-state index >= 15 is 0 Å². The van der Waals surface area contributed by atoms with E-state index < -0.39 is 0 Å². The zero-order chi connectivity index (χ0) is 18.1. The third-order valence-corrected chi connectivity index (χ3v) is 4.06. The number of likely N-dealkylation sites (N-methyl/N-ethyl adjacent to an activating group) is 1. The van der Waals surface area contributed by atoms with Gasteiger partial charge in [0.1, 0.15) is 0 Å². The summed E-state index contributed by atoms with van der Waals surface area (Å²) in [4.78, 5) is 26.1. The lowest BCUT2D eigenvalue weighted by Gasteiger charge is -2.18. The minimum Gasteiger partial charge on any atom is -0.351 e. The molecule has 136 valence electrons. The maximum Gasteiger partial charge on any atom is 0.315 e. The van der Waals surface area contributed by atoms with Crippen LogP contribution in [0.15, 0.2) is 36.4 Å². The van der Waals surface area contributed by atoms with E-state index in [2.05, 4.69) is 22.0 Å². The van der Waals surface area contributed by atoms with Crippen LogP contribution in [-0.2, 0) is 6.54 Å². The second-order valence-corrected chi connectivity index (χ2v) is 6.55. The van der Waals surface area contributed by atoms with Crippen LogP contribution in [0.1, 0.15) is 35.2 Å². The molecule has 0 fully saturated rings. The summed E-state index contributed by atoms with van der Waals surface area (Å²) in [5.41, 5.74) is 1.50. The molecular weight excluding hydrogens is 316 g/mol. The smallest absolute Gasteiger partial charge is 0.315 e. The minimum absolute atomic E-state index is 0.0968. The van der Waals surface area contributed by atoms with E-state index in [1.54, 1.807) is 6.07 Å². The lowest BCUT2D eigenvalue weighted by Crippen LogP contribution is -2.41. The molecule has 25 heavy (non-hydrogen) atoms. The maximum absolute atomic E-state index is 12.1. The first-order valence-corrected chi connectivity index (χ1v) is 8.77. The number of allylic oxidation sites excluding steroid dienone is 1.